The molecule has 1 aliphatic rings. The summed E-state index contributed by atoms with van der Waals surface area (Å²) in [5.74, 6) is 1.82. The molecular weight excluding hydrogens is 224 g/mol. The summed E-state index contributed by atoms with van der Waals surface area (Å²) in [6.45, 7) is 8.86. The SMILES string of the molecule is COc1ccc(CN(C)CC2CNC2)c(C)c1C. The fourth-order valence-electron chi connectivity index (χ4n) is 2.52. The van der Waals surface area contributed by atoms with E-state index >= 15 is 0 Å². The first kappa shape index (κ1) is 13.4. The van der Waals surface area contributed by atoms with Crippen molar-refractivity contribution in [2.75, 3.05) is 33.8 Å². The summed E-state index contributed by atoms with van der Waals surface area (Å²) >= 11 is 0. The van der Waals surface area contributed by atoms with Crippen LogP contribution in [0.4, 0.5) is 0 Å². The Kier molecular flexibility index (Phi) is 4.25. The van der Waals surface area contributed by atoms with Crippen LogP contribution >= 0.6 is 0 Å². The summed E-state index contributed by atoms with van der Waals surface area (Å²) in [6.07, 6.45) is 0. The second-order valence-electron chi connectivity index (χ2n) is 5.40. The van der Waals surface area contributed by atoms with Gasteiger partial charge >= 0.3 is 0 Å². The number of benzene rings is 1. The Morgan fingerprint density at radius 2 is 2.00 bits per heavy atom. The summed E-state index contributed by atoms with van der Waals surface area (Å²) in [4.78, 5) is 2.42. The molecule has 0 bridgehead atoms. The van der Waals surface area contributed by atoms with Crippen molar-refractivity contribution in [1.82, 2.24) is 10.2 Å². The molecule has 0 atom stereocenters. The lowest BCUT2D eigenvalue weighted by molar-refractivity contribution is 0.218. The lowest BCUT2D eigenvalue weighted by Crippen LogP contribution is -2.47. The maximum absolute atomic E-state index is 5.35. The van der Waals surface area contributed by atoms with Crippen LogP contribution in [0.3, 0.4) is 0 Å². The van der Waals surface area contributed by atoms with Crippen molar-refractivity contribution in [3.05, 3.63) is 28.8 Å². The molecule has 2 rings (SSSR count). The first-order valence-corrected chi connectivity index (χ1v) is 6.64. The predicted molar refractivity (Wildman–Crippen MR) is 75.2 cm³/mol. The molecule has 0 saturated carbocycles. The number of nitrogens with zero attached hydrogens (tertiary/aromatic N) is 1. The summed E-state index contributed by atoms with van der Waals surface area (Å²) < 4.78 is 5.35. The van der Waals surface area contributed by atoms with Gasteiger partial charge in [0, 0.05) is 26.2 Å². The Bertz CT molecular complexity index is 413. The van der Waals surface area contributed by atoms with Crippen LogP contribution in [0, 0.1) is 19.8 Å². The van der Waals surface area contributed by atoms with Gasteiger partial charge in [-0.05, 0) is 49.6 Å². The summed E-state index contributed by atoms with van der Waals surface area (Å²) in [6, 6.07) is 4.27. The number of rotatable bonds is 5. The third-order valence-electron chi connectivity index (χ3n) is 3.95. The lowest BCUT2D eigenvalue weighted by Gasteiger charge is -2.31. The van der Waals surface area contributed by atoms with Gasteiger partial charge in [-0.15, -0.1) is 0 Å². The average molecular weight is 248 g/mol. The summed E-state index contributed by atoms with van der Waals surface area (Å²) in [5, 5.41) is 3.32. The molecule has 0 spiro atoms. The number of hydrogen-bond donors (Lipinski definition) is 1. The van der Waals surface area contributed by atoms with Gasteiger partial charge in [0.1, 0.15) is 5.75 Å². The van der Waals surface area contributed by atoms with E-state index in [2.05, 4.69) is 43.2 Å². The quantitative estimate of drug-likeness (QED) is 0.862. The first-order valence-electron chi connectivity index (χ1n) is 6.64. The first-order chi connectivity index (χ1) is 8.61. The fourth-order valence-corrected chi connectivity index (χ4v) is 2.52. The Morgan fingerprint density at radius 1 is 1.28 bits per heavy atom. The van der Waals surface area contributed by atoms with Crippen molar-refractivity contribution in [1.29, 1.82) is 0 Å². The van der Waals surface area contributed by atoms with E-state index in [1.165, 1.54) is 36.3 Å². The minimum absolute atomic E-state index is 0.828. The maximum Gasteiger partial charge on any atom is 0.122 e. The molecule has 3 heteroatoms. The molecule has 18 heavy (non-hydrogen) atoms. The Balaban J connectivity index is 2.01. The van der Waals surface area contributed by atoms with Gasteiger partial charge in [-0.25, -0.2) is 0 Å². The molecule has 0 radical (unpaired) electrons. The van der Waals surface area contributed by atoms with Gasteiger partial charge in [0.2, 0.25) is 0 Å². The van der Waals surface area contributed by atoms with Crippen molar-refractivity contribution in [3.63, 3.8) is 0 Å². The summed E-state index contributed by atoms with van der Waals surface area (Å²) in [7, 11) is 3.94. The van der Waals surface area contributed by atoms with E-state index in [1.807, 2.05) is 0 Å². The zero-order valence-electron chi connectivity index (χ0n) is 11.9. The van der Waals surface area contributed by atoms with E-state index in [9.17, 15) is 0 Å². The van der Waals surface area contributed by atoms with E-state index in [1.54, 1.807) is 7.11 Å². The van der Waals surface area contributed by atoms with E-state index in [-0.39, 0.29) is 0 Å². The lowest BCUT2D eigenvalue weighted by atomic mass is 10.00. The van der Waals surface area contributed by atoms with Gasteiger partial charge in [0.25, 0.3) is 0 Å². The molecular formula is C15H24N2O. The number of methoxy groups -OCH3 is 1. The van der Waals surface area contributed by atoms with Gasteiger partial charge in [0.05, 0.1) is 7.11 Å². The fraction of sp³-hybridized carbons (Fsp3) is 0.600. The van der Waals surface area contributed by atoms with E-state index in [4.69, 9.17) is 4.74 Å². The Hall–Kier alpha value is -1.06. The normalized spacial score (nSPS) is 15.8. The predicted octanol–water partition coefficient (Wildman–Crippen LogP) is 1.96. The standard InChI is InChI=1S/C15H24N2O/c1-11-12(2)15(18-4)6-5-14(11)10-17(3)9-13-7-16-8-13/h5-6,13,16H,7-10H2,1-4H3. The minimum atomic E-state index is 0.828. The molecule has 100 valence electrons. The van der Waals surface area contributed by atoms with Crippen LogP contribution < -0.4 is 10.1 Å². The highest BCUT2D eigenvalue weighted by molar-refractivity contribution is 5.43. The molecule has 0 aromatic heterocycles. The van der Waals surface area contributed by atoms with Crippen LogP contribution in [-0.4, -0.2) is 38.7 Å². The zero-order valence-corrected chi connectivity index (χ0v) is 11.9. The van der Waals surface area contributed by atoms with Crippen molar-refractivity contribution in [2.45, 2.75) is 20.4 Å². The summed E-state index contributed by atoms with van der Waals surface area (Å²) in [5.41, 5.74) is 4.02. The molecule has 0 unspecified atom stereocenters. The second-order valence-corrected chi connectivity index (χ2v) is 5.40. The van der Waals surface area contributed by atoms with Crippen LogP contribution in [0.15, 0.2) is 12.1 Å². The molecule has 1 saturated heterocycles. The van der Waals surface area contributed by atoms with Crippen LogP contribution in [-0.2, 0) is 6.54 Å². The zero-order chi connectivity index (χ0) is 13.1. The van der Waals surface area contributed by atoms with Crippen molar-refractivity contribution < 1.29 is 4.74 Å². The third-order valence-corrected chi connectivity index (χ3v) is 3.95. The van der Waals surface area contributed by atoms with Crippen LogP contribution in [0.2, 0.25) is 0 Å². The van der Waals surface area contributed by atoms with E-state index < -0.39 is 0 Å². The van der Waals surface area contributed by atoms with Crippen molar-refractivity contribution in [2.24, 2.45) is 5.92 Å². The number of hydrogen-bond acceptors (Lipinski definition) is 3. The highest BCUT2D eigenvalue weighted by atomic mass is 16.5. The van der Waals surface area contributed by atoms with Crippen LogP contribution in [0.25, 0.3) is 0 Å². The number of ether oxygens (including phenoxy) is 1. The number of nitrogens with one attached hydrogen (secondary N) is 1. The monoisotopic (exact) mass is 248 g/mol. The van der Waals surface area contributed by atoms with Crippen molar-refractivity contribution >= 4 is 0 Å². The Morgan fingerprint density at radius 3 is 2.56 bits per heavy atom. The van der Waals surface area contributed by atoms with Crippen LogP contribution in [0.5, 0.6) is 5.75 Å². The van der Waals surface area contributed by atoms with Crippen LogP contribution in [0.1, 0.15) is 16.7 Å². The molecule has 1 N–H and O–H groups in total. The molecule has 0 aliphatic carbocycles. The maximum atomic E-state index is 5.35. The molecule has 3 nitrogen and oxygen atoms in total. The van der Waals surface area contributed by atoms with Gasteiger partial charge in [-0.2, -0.15) is 0 Å². The van der Waals surface area contributed by atoms with Gasteiger partial charge in [-0.3, -0.25) is 0 Å². The molecule has 1 fully saturated rings. The molecule has 1 aromatic carbocycles. The molecule has 0 amide bonds. The largest absolute Gasteiger partial charge is 0.496 e. The van der Waals surface area contributed by atoms with E-state index in [0.717, 1.165) is 18.2 Å². The third kappa shape index (κ3) is 2.85. The highest BCUT2D eigenvalue weighted by Gasteiger charge is 2.18. The average Bonchev–Trinajstić information content (AvgIpc) is 2.30. The van der Waals surface area contributed by atoms with Gasteiger partial charge in [0.15, 0.2) is 0 Å². The van der Waals surface area contributed by atoms with E-state index in [0.29, 0.717) is 0 Å². The highest BCUT2D eigenvalue weighted by Crippen LogP contribution is 2.24. The van der Waals surface area contributed by atoms with Gasteiger partial charge < -0.3 is 15.0 Å². The molecule has 1 aliphatic heterocycles. The Labute approximate surface area is 110 Å². The second kappa shape index (κ2) is 5.72. The molecule has 1 aromatic rings. The smallest absolute Gasteiger partial charge is 0.122 e. The minimum Gasteiger partial charge on any atom is -0.496 e. The molecule has 1 heterocycles. The topological polar surface area (TPSA) is 24.5 Å². The van der Waals surface area contributed by atoms with Crippen molar-refractivity contribution in [3.8, 4) is 5.75 Å². The van der Waals surface area contributed by atoms with Gasteiger partial charge in [-0.1, -0.05) is 6.07 Å².